The second kappa shape index (κ2) is 20.7. The topological polar surface area (TPSA) is 17.1 Å². The number of benzene rings is 2. The zero-order chi connectivity index (χ0) is 25.7. The summed E-state index contributed by atoms with van der Waals surface area (Å²) in [5.41, 5.74) is 1.77. The van der Waals surface area contributed by atoms with E-state index in [0.29, 0.717) is 0 Å². The molecule has 0 radical (unpaired) electrons. The summed E-state index contributed by atoms with van der Waals surface area (Å²) in [5.74, 6) is 1.21. The molecule has 0 saturated heterocycles. The van der Waals surface area contributed by atoms with E-state index in [2.05, 4.69) is 35.0 Å². The number of thioether (sulfide) groups is 1. The van der Waals surface area contributed by atoms with Gasteiger partial charge in [0.25, 0.3) is 0 Å². The predicted molar refractivity (Wildman–Crippen MR) is 164 cm³/mol. The molecule has 2 aromatic carbocycles. The highest BCUT2D eigenvalue weighted by molar-refractivity contribution is 9.10. The maximum absolute atomic E-state index is 12.4. The second-order valence-corrected chi connectivity index (χ2v) is 12.0. The molecule has 0 N–H and O–H groups in total. The highest BCUT2D eigenvalue weighted by Gasteiger charge is 2.03. The van der Waals surface area contributed by atoms with Crippen LogP contribution in [0.25, 0.3) is 6.08 Å². The van der Waals surface area contributed by atoms with Crippen LogP contribution >= 0.6 is 27.7 Å². The van der Waals surface area contributed by atoms with Gasteiger partial charge in [-0.05, 0) is 60.2 Å². The summed E-state index contributed by atoms with van der Waals surface area (Å²) in [7, 11) is 0. The van der Waals surface area contributed by atoms with Crippen molar-refractivity contribution < 1.29 is 4.79 Å². The van der Waals surface area contributed by atoms with Crippen molar-refractivity contribution in [2.45, 2.75) is 115 Å². The molecular formula is C33H47BrOS. The van der Waals surface area contributed by atoms with Crippen molar-refractivity contribution in [1.82, 2.24) is 0 Å². The van der Waals surface area contributed by atoms with Crippen LogP contribution in [0.15, 0.2) is 64.0 Å². The highest BCUT2D eigenvalue weighted by atomic mass is 79.9. The normalized spacial score (nSPS) is 11.4. The van der Waals surface area contributed by atoms with E-state index in [9.17, 15) is 4.79 Å². The van der Waals surface area contributed by atoms with Gasteiger partial charge in [-0.3, -0.25) is 4.79 Å². The number of halogens is 1. The standard InChI is InChI=1S/C33H47BrOS/c1-2-3-4-5-6-7-8-9-10-11-12-13-14-15-16-17-28-36-32-25-21-30(22-26-32)33(35)27-20-29-18-23-31(34)24-19-29/h18-27H,2-17,28H2,1H3. The van der Waals surface area contributed by atoms with Crippen LogP contribution in [0.4, 0.5) is 0 Å². The predicted octanol–water partition coefficient (Wildman–Crippen LogP) is 11.7. The van der Waals surface area contributed by atoms with Crippen molar-refractivity contribution in [2.24, 2.45) is 0 Å². The van der Waals surface area contributed by atoms with Gasteiger partial charge in [0.15, 0.2) is 5.78 Å². The number of allylic oxidation sites excluding steroid dienone is 1. The Hall–Kier alpha value is -1.32. The monoisotopic (exact) mass is 570 g/mol. The average Bonchev–Trinajstić information content (AvgIpc) is 2.90. The lowest BCUT2D eigenvalue weighted by Gasteiger charge is -2.04. The molecule has 0 spiro atoms. The molecule has 198 valence electrons. The summed E-state index contributed by atoms with van der Waals surface area (Å²) in [4.78, 5) is 13.7. The van der Waals surface area contributed by atoms with Crippen molar-refractivity contribution in [3.8, 4) is 0 Å². The molecule has 2 aromatic rings. The fourth-order valence-corrected chi connectivity index (χ4v) is 5.57. The van der Waals surface area contributed by atoms with Crippen LogP contribution in [0, 0.1) is 0 Å². The van der Waals surface area contributed by atoms with Gasteiger partial charge in [0.1, 0.15) is 0 Å². The van der Waals surface area contributed by atoms with Gasteiger partial charge in [-0.15, -0.1) is 11.8 Å². The van der Waals surface area contributed by atoms with Crippen LogP contribution in [-0.4, -0.2) is 11.5 Å². The molecule has 0 aliphatic carbocycles. The third kappa shape index (κ3) is 15.1. The lowest BCUT2D eigenvalue weighted by Crippen LogP contribution is -1.93. The van der Waals surface area contributed by atoms with Crippen LogP contribution in [-0.2, 0) is 0 Å². The van der Waals surface area contributed by atoms with E-state index < -0.39 is 0 Å². The Kier molecular flexibility index (Phi) is 17.8. The fourth-order valence-electron chi connectivity index (χ4n) is 4.40. The maximum Gasteiger partial charge on any atom is 0.185 e. The molecule has 36 heavy (non-hydrogen) atoms. The third-order valence-corrected chi connectivity index (χ3v) is 8.33. The minimum absolute atomic E-state index is 0.0484. The lowest BCUT2D eigenvalue weighted by molar-refractivity contribution is 0.104. The lowest BCUT2D eigenvalue weighted by atomic mass is 10.0. The molecule has 0 heterocycles. The van der Waals surface area contributed by atoms with Gasteiger partial charge in [-0.25, -0.2) is 0 Å². The molecule has 0 aromatic heterocycles. The highest BCUT2D eigenvalue weighted by Crippen LogP contribution is 2.21. The first-order valence-corrected chi connectivity index (χ1v) is 16.2. The van der Waals surface area contributed by atoms with Crippen LogP contribution in [0.1, 0.15) is 126 Å². The van der Waals surface area contributed by atoms with E-state index in [1.807, 2.05) is 54.2 Å². The minimum atomic E-state index is 0.0484. The van der Waals surface area contributed by atoms with E-state index in [4.69, 9.17) is 0 Å². The van der Waals surface area contributed by atoms with Crippen LogP contribution < -0.4 is 0 Å². The van der Waals surface area contributed by atoms with E-state index in [-0.39, 0.29) is 5.78 Å². The molecular weight excluding hydrogens is 524 g/mol. The summed E-state index contributed by atoms with van der Waals surface area (Å²) in [6.07, 6.45) is 26.1. The van der Waals surface area contributed by atoms with Gasteiger partial charge in [0.2, 0.25) is 0 Å². The van der Waals surface area contributed by atoms with Crippen molar-refractivity contribution >= 4 is 39.6 Å². The number of ketones is 1. The number of unbranched alkanes of at least 4 members (excludes halogenated alkanes) is 15. The van der Waals surface area contributed by atoms with E-state index in [0.717, 1.165) is 21.4 Å². The van der Waals surface area contributed by atoms with E-state index in [1.165, 1.54) is 108 Å². The number of hydrogen-bond donors (Lipinski definition) is 0. The van der Waals surface area contributed by atoms with Gasteiger partial charge in [-0.1, -0.05) is 137 Å². The molecule has 3 heteroatoms. The molecule has 0 saturated carbocycles. The number of rotatable bonds is 21. The third-order valence-electron chi connectivity index (χ3n) is 6.70. The minimum Gasteiger partial charge on any atom is -0.289 e. The Bertz CT molecular complexity index is 841. The first kappa shape index (κ1) is 30.9. The summed E-state index contributed by atoms with van der Waals surface area (Å²) >= 11 is 5.34. The first-order chi connectivity index (χ1) is 17.7. The van der Waals surface area contributed by atoms with Crippen molar-refractivity contribution in [3.05, 3.63) is 70.2 Å². The molecule has 0 aliphatic rings. The summed E-state index contributed by atoms with van der Waals surface area (Å²) < 4.78 is 1.04. The second-order valence-electron chi connectivity index (χ2n) is 9.93. The molecule has 2 rings (SSSR count). The fraction of sp³-hybridized carbons (Fsp3) is 0.545. The van der Waals surface area contributed by atoms with Crippen LogP contribution in [0.2, 0.25) is 0 Å². The Morgan fingerprint density at radius 3 is 1.64 bits per heavy atom. The molecule has 0 aliphatic heterocycles. The van der Waals surface area contributed by atoms with Gasteiger partial charge in [-0.2, -0.15) is 0 Å². The van der Waals surface area contributed by atoms with Crippen LogP contribution in [0.3, 0.4) is 0 Å². The molecule has 0 atom stereocenters. The number of carbonyl (C=O) groups excluding carboxylic acids is 1. The van der Waals surface area contributed by atoms with Crippen molar-refractivity contribution in [3.63, 3.8) is 0 Å². The Morgan fingerprint density at radius 2 is 1.14 bits per heavy atom. The molecule has 0 amide bonds. The van der Waals surface area contributed by atoms with Gasteiger partial charge < -0.3 is 0 Å². The molecule has 1 nitrogen and oxygen atoms in total. The zero-order valence-electron chi connectivity index (χ0n) is 22.5. The van der Waals surface area contributed by atoms with Crippen molar-refractivity contribution in [2.75, 3.05) is 5.75 Å². The summed E-state index contributed by atoms with van der Waals surface area (Å²) in [5, 5.41) is 0. The van der Waals surface area contributed by atoms with Gasteiger partial charge >= 0.3 is 0 Å². The summed E-state index contributed by atoms with van der Waals surface area (Å²) in [6, 6.07) is 16.0. The average molecular weight is 572 g/mol. The SMILES string of the molecule is CCCCCCCCCCCCCCCCCCSc1ccc(C(=O)C=Cc2ccc(Br)cc2)cc1. The Balaban J connectivity index is 1.43. The zero-order valence-corrected chi connectivity index (χ0v) is 24.9. The quantitative estimate of drug-likeness (QED) is 0.0642. The smallest absolute Gasteiger partial charge is 0.185 e. The Labute approximate surface area is 234 Å². The Morgan fingerprint density at radius 1 is 0.667 bits per heavy atom. The number of carbonyl (C=O) groups is 1. The molecule has 0 unspecified atom stereocenters. The molecule has 0 fully saturated rings. The van der Waals surface area contributed by atoms with E-state index in [1.54, 1.807) is 6.08 Å². The molecule has 0 bridgehead atoms. The van der Waals surface area contributed by atoms with E-state index >= 15 is 0 Å². The largest absolute Gasteiger partial charge is 0.289 e. The van der Waals surface area contributed by atoms with Gasteiger partial charge in [0, 0.05) is 14.9 Å². The summed E-state index contributed by atoms with van der Waals surface area (Å²) in [6.45, 7) is 2.29. The van der Waals surface area contributed by atoms with Crippen molar-refractivity contribution in [1.29, 1.82) is 0 Å². The van der Waals surface area contributed by atoms with Gasteiger partial charge in [0.05, 0.1) is 0 Å². The number of hydrogen-bond acceptors (Lipinski definition) is 2. The maximum atomic E-state index is 12.4. The first-order valence-electron chi connectivity index (χ1n) is 14.4. The van der Waals surface area contributed by atoms with Crippen LogP contribution in [0.5, 0.6) is 0 Å².